The van der Waals surface area contributed by atoms with Crippen LogP contribution in [0.5, 0.6) is 0 Å². The fourth-order valence-electron chi connectivity index (χ4n) is 5.64. The number of nitrogens with one attached hydrogen (secondary N) is 1. The molecule has 4 rings (SSSR count). The van der Waals surface area contributed by atoms with Crippen LogP contribution in [0.4, 0.5) is 5.69 Å². The molecule has 3 aromatic rings. The summed E-state index contributed by atoms with van der Waals surface area (Å²) in [6, 6.07) is 21.4. The number of aryl methyl sites for hydroxylation is 2. The van der Waals surface area contributed by atoms with Gasteiger partial charge in [0.1, 0.15) is 12.6 Å². The molecule has 1 aliphatic carbocycles. The molecule has 7 nitrogen and oxygen atoms in total. The van der Waals surface area contributed by atoms with Crippen LogP contribution >= 0.6 is 11.6 Å². The SMILES string of the molecule is Cc1cc(C)cc(N(CC(=O)N(Cc2cccc(Cl)c2)C(Cc2ccccc2)C(=O)NC2CCCCC2)S(C)(=O)=O)c1. The number of sulfonamides is 1. The predicted molar refractivity (Wildman–Crippen MR) is 169 cm³/mol. The van der Waals surface area contributed by atoms with Gasteiger partial charge in [-0.1, -0.05) is 79.4 Å². The normalized spacial score (nSPS) is 14.7. The van der Waals surface area contributed by atoms with E-state index in [0.717, 1.165) is 64.9 Å². The van der Waals surface area contributed by atoms with Crippen molar-refractivity contribution < 1.29 is 18.0 Å². The third kappa shape index (κ3) is 8.82. The van der Waals surface area contributed by atoms with Crippen molar-refractivity contribution in [3.63, 3.8) is 0 Å². The number of carbonyl (C=O) groups excluding carboxylic acids is 2. The van der Waals surface area contributed by atoms with E-state index in [2.05, 4.69) is 5.32 Å². The zero-order valence-electron chi connectivity index (χ0n) is 24.6. The van der Waals surface area contributed by atoms with Gasteiger partial charge in [-0.25, -0.2) is 8.42 Å². The van der Waals surface area contributed by atoms with Gasteiger partial charge < -0.3 is 10.2 Å². The number of amides is 2. The molecule has 0 spiro atoms. The van der Waals surface area contributed by atoms with Crippen LogP contribution in [-0.2, 0) is 32.6 Å². The maximum absolute atomic E-state index is 14.3. The fraction of sp³-hybridized carbons (Fsp3) is 0.394. The topological polar surface area (TPSA) is 86.8 Å². The second-order valence-corrected chi connectivity index (χ2v) is 13.7. The predicted octanol–water partition coefficient (Wildman–Crippen LogP) is 5.81. The van der Waals surface area contributed by atoms with Gasteiger partial charge in [-0.2, -0.15) is 0 Å². The molecule has 1 aliphatic rings. The van der Waals surface area contributed by atoms with Gasteiger partial charge in [-0.15, -0.1) is 0 Å². The summed E-state index contributed by atoms with van der Waals surface area (Å²) in [4.78, 5) is 29.8. The molecule has 1 fully saturated rings. The number of carbonyl (C=O) groups is 2. The molecule has 0 aliphatic heterocycles. The number of hydrogen-bond donors (Lipinski definition) is 1. The maximum Gasteiger partial charge on any atom is 0.244 e. The molecule has 42 heavy (non-hydrogen) atoms. The van der Waals surface area contributed by atoms with Crippen molar-refractivity contribution in [2.24, 2.45) is 0 Å². The minimum Gasteiger partial charge on any atom is -0.352 e. The first kappa shape index (κ1) is 31.6. The van der Waals surface area contributed by atoms with Crippen molar-refractivity contribution in [2.45, 2.75) is 71.0 Å². The van der Waals surface area contributed by atoms with Crippen molar-refractivity contribution in [1.29, 1.82) is 0 Å². The number of hydrogen-bond acceptors (Lipinski definition) is 4. The Labute approximate surface area is 254 Å². The highest BCUT2D eigenvalue weighted by Gasteiger charge is 2.34. The van der Waals surface area contributed by atoms with Crippen LogP contribution in [0.15, 0.2) is 72.8 Å². The lowest BCUT2D eigenvalue weighted by atomic mass is 9.94. The minimum atomic E-state index is -3.82. The summed E-state index contributed by atoms with van der Waals surface area (Å²) in [7, 11) is -3.82. The molecule has 1 N–H and O–H groups in total. The molecule has 224 valence electrons. The molecule has 1 atom stereocenters. The molecule has 1 unspecified atom stereocenters. The van der Waals surface area contributed by atoms with Crippen LogP contribution in [0.3, 0.4) is 0 Å². The molecule has 0 bridgehead atoms. The molecule has 0 radical (unpaired) electrons. The molecular formula is C33H40ClN3O4S. The highest BCUT2D eigenvalue weighted by atomic mass is 35.5. The molecule has 0 aromatic heterocycles. The van der Waals surface area contributed by atoms with Gasteiger partial charge in [0.2, 0.25) is 21.8 Å². The number of rotatable bonds is 11. The van der Waals surface area contributed by atoms with Crippen LogP contribution in [0.2, 0.25) is 5.02 Å². The van der Waals surface area contributed by atoms with E-state index in [0.29, 0.717) is 10.7 Å². The van der Waals surface area contributed by atoms with Gasteiger partial charge in [0.15, 0.2) is 0 Å². The molecule has 9 heteroatoms. The van der Waals surface area contributed by atoms with E-state index in [1.165, 1.54) is 4.90 Å². The monoisotopic (exact) mass is 609 g/mol. The summed E-state index contributed by atoms with van der Waals surface area (Å²) in [5.41, 5.74) is 3.83. The molecule has 3 aromatic carbocycles. The summed E-state index contributed by atoms with van der Waals surface area (Å²) >= 11 is 6.29. The highest BCUT2D eigenvalue weighted by Crippen LogP contribution is 2.24. The standard InChI is InChI=1S/C33H40ClN3O4S/c1-24-17-25(2)19-30(18-24)37(42(3,40)41)23-32(38)36(22-27-13-10-14-28(34)20-27)31(21-26-11-6-4-7-12-26)33(39)35-29-15-8-5-9-16-29/h4,6-7,10-14,17-20,29,31H,5,8-9,15-16,21-23H2,1-3H3,(H,35,39). The molecule has 2 amide bonds. The minimum absolute atomic E-state index is 0.0513. The van der Waals surface area contributed by atoms with E-state index in [1.54, 1.807) is 30.3 Å². The Bertz CT molecular complexity index is 1470. The van der Waals surface area contributed by atoms with Crippen molar-refractivity contribution in [3.8, 4) is 0 Å². The Morgan fingerprint density at radius 1 is 0.905 bits per heavy atom. The third-order valence-electron chi connectivity index (χ3n) is 7.64. The van der Waals surface area contributed by atoms with Crippen molar-refractivity contribution in [2.75, 3.05) is 17.1 Å². The van der Waals surface area contributed by atoms with Crippen molar-refractivity contribution in [1.82, 2.24) is 10.2 Å². The third-order valence-corrected chi connectivity index (χ3v) is 9.01. The summed E-state index contributed by atoms with van der Waals surface area (Å²) in [6.45, 7) is 3.43. The molecule has 1 saturated carbocycles. The van der Waals surface area contributed by atoms with Crippen LogP contribution in [-0.4, -0.2) is 50.0 Å². The van der Waals surface area contributed by atoms with E-state index in [4.69, 9.17) is 11.6 Å². The highest BCUT2D eigenvalue weighted by molar-refractivity contribution is 7.92. The van der Waals surface area contributed by atoms with Gasteiger partial charge in [0.25, 0.3) is 0 Å². The van der Waals surface area contributed by atoms with E-state index < -0.39 is 28.5 Å². The first-order valence-corrected chi connectivity index (χ1v) is 16.7. The maximum atomic E-state index is 14.3. The Hall–Kier alpha value is -3.36. The largest absolute Gasteiger partial charge is 0.352 e. The summed E-state index contributed by atoms with van der Waals surface area (Å²) in [5, 5.41) is 3.72. The number of benzene rings is 3. The van der Waals surface area contributed by atoms with Crippen LogP contribution < -0.4 is 9.62 Å². The Morgan fingerprint density at radius 2 is 1.55 bits per heavy atom. The number of nitrogens with zero attached hydrogens (tertiary/aromatic N) is 2. The lowest BCUT2D eigenvalue weighted by Gasteiger charge is -2.35. The van der Waals surface area contributed by atoms with Gasteiger partial charge in [-0.05, 0) is 73.2 Å². The van der Waals surface area contributed by atoms with E-state index in [9.17, 15) is 18.0 Å². The first-order valence-electron chi connectivity index (χ1n) is 14.4. The van der Waals surface area contributed by atoms with Crippen LogP contribution in [0.1, 0.15) is 54.4 Å². The van der Waals surface area contributed by atoms with Crippen molar-refractivity contribution >= 4 is 39.1 Å². The lowest BCUT2D eigenvalue weighted by Crippen LogP contribution is -2.55. The van der Waals surface area contributed by atoms with Crippen molar-refractivity contribution in [3.05, 3.63) is 100 Å². The van der Waals surface area contributed by atoms with E-state index >= 15 is 0 Å². The Morgan fingerprint density at radius 3 is 2.17 bits per heavy atom. The fourth-order valence-corrected chi connectivity index (χ4v) is 6.68. The number of halogens is 1. The summed E-state index contributed by atoms with van der Waals surface area (Å²) in [6.07, 6.45) is 6.45. The second-order valence-electron chi connectivity index (χ2n) is 11.3. The Balaban J connectivity index is 1.73. The smallest absolute Gasteiger partial charge is 0.244 e. The Kier molecular flexibility index (Phi) is 10.7. The van der Waals surface area contributed by atoms with E-state index in [-0.39, 0.29) is 24.9 Å². The zero-order valence-corrected chi connectivity index (χ0v) is 26.1. The molecular weight excluding hydrogens is 570 g/mol. The van der Waals surface area contributed by atoms with Gasteiger partial charge in [0.05, 0.1) is 11.9 Å². The number of anilines is 1. The quantitative estimate of drug-likeness (QED) is 0.297. The second kappa shape index (κ2) is 14.2. The van der Waals surface area contributed by atoms with Gasteiger partial charge in [0, 0.05) is 24.0 Å². The summed E-state index contributed by atoms with van der Waals surface area (Å²) in [5.74, 6) is -0.710. The average molecular weight is 610 g/mol. The van der Waals surface area contributed by atoms with Crippen LogP contribution in [0, 0.1) is 13.8 Å². The lowest BCUT2D eigenvalue weighted by molar-refractivity contribution is -0.140. The van der Waals surface area contributed by atoms with Gasteiger partial charge >= 0.3 is 0 Å². The van der Waals surface area contributed by atoms with Gasteiger partial charge in [-0.3, -0.25) is 13.9 Å². The first-order chi connectivity index (χ1) is 20.0. The zero-order chi connectivity index (χ0) is 30.3. The van der Waals surface area contributed by atoms with Crippen LogP contribution in [0.25, 0.3) is 0 Å². The van der Waals surface area contributed by atoms with E-state index in [1.807, 2.05) is 56.3 Å². The summed E-state index contributed by atoms with van der Waals surface area (Å²) < 4.78 is 27.2. The average Bonchev–Trinajstić information content (AvgIpc) is 2.93. The molecule has 0 saturated heterocycles. The molecule has 0 heterocycles.